The average Bonchev–Trinajstić information content (AvgIpc) is 3.06. The molecule has 27 heavy (non-hydrogen) atoms. The fraction of sp³-hybridized carbons (Fsp3) is 0.333. The number of anilines is 1. The van der Waals surface area contributed by atoms with Crippen molar-refractivity contribution in [3.63, 3.8) is 0 Å². The molecular formula is C21H25FN3OS+. The van der Waals surface area contributed by atoms with Crippen molar-refractivity contribution in [3.8, 4) is 0 Å². The molecule has 4 nitrogen and oxygen atoms in total. The number of hydrogen-bond donors (Lipinski definition) is 1. The number of nitrogens with zero attached hydrogens (tertiary/aromatic N) is 2. The molecule has 0 fully saturated rings. The van der Waals surface area contributed by atoms with Crippen LogP contribution in [0.25, 0.3) is 10.2 Å². The van der Waals surface area contributed by atoms with E-state index in [2.05, 4.69) is 34.0 Å². The van der Waals surface area contributed by atoms with E-state index in [4.69, 9.17) is 4.98 Å². The summed E-state index contributed by atoms with van der Waals surface area (Å²) in [6.45, 7) is 5.60. The molecule has 3 rings (SSSR count). The minimum Gasteiger partial charge on any atom is -0.340 e. The lowest BCUT2D eigenvalue weighted by molar-refractivity contribution is -0.858. The van der Waals surface area contributed by atoms with Crippen molar-refractivity contribution < 1.29 is 14.1 Å². The average molecular weight is 387 g/mol. The number of quaternary nitrogens is 1. The van der Waals surface area contributed by atoms with Crippen molar-refractivity contribution in [1.29, 1.82) is 0 Å². The van der Waals surface area contributed by atoms with E-state index in [1.807, 2.05) is 6.07 Å². The molecule has 142 valence electrons. The van der Waals surface area contributed by atoms with Gasteiger partial charge >= 0.3 is 0 Å². The second-order valence-corrected chi connectivity index (χ2v) is 8.14. The van der Waals surface area contributed by atoms with Gasteiger partial charge in [0.15, 0.2) is 5.13 Å². The van der Waals surface area contributed by atoms with Crippen LogP contribution in [0.3, 0.4) is 0 Å². The van der Waals surface area contributed by atoms with E-state index >= 15 is 0 Å². The number of amides is 1. The zero-order chi connectivity index (χ0) is 19.6. The molecule has 0 saturated heterocycles. The highest BCUT2D eigenvalue weighted by atomic mass is 32.1. The number of fused-ring (bicyclic) bond motifs is 1. The van der Waals surface area contributed by atoms with E-state index in [0.29, 0.717) is 17.2 Å². The summed E-state index contributed by atoms with van der Waals surface area (Å²) in [5.74, 6) is -0.619. The summed E-state index contributed by atoms with van der Waals surface area (Å²) in [7, 11) is 4.17. The van der Waals surface area contributed by atoms with Crippen LogP contribution in [-0.2, 0) is 0 Å². The highest BCUT2D eigenvalue weighted by Gasteiger charge is 2.22. The first kappa shape index (κ1) is 19.5. The largest absolute Gasteiger partial charge is 0.340 e. The van der Waals surface area contributed by atoms with Gasteiger partial charge in [-0.05, 0) is 49.2 Å². The van der Waals surface area contributed by atoms with E-state index in [0.717, 1.165) is 28.7 Å². The van der Waals surface area contributed by atoms with Crippen LogP contribution in [0.1, 0.15) is 27.9 Å². The third-order valence-electron chi connectivity index (χ3n) is 4.68. The molecule has 0 saturated carbocycles. The highest BCUT2D eigenvalue weighted by Crippen LogP contribution is 2.32. The topological polar surface area (TPSA) is 37.6 Å². The Morgan fingerprint density at radius 1 is 1.22 bits per heavy atom. The molecule has 0 aliphatic rings. The number of aromatic nitrogens is 1. The van der Waals surface area contributed by atoms with Gasteiger partial charge in [0.1, 0.15) is 5.82 Å². The summed E-state index contributed by atoms with van der Waals surface area (Å²) in [5, 5.41) is 0.668. The van der Waals surface area contributed by atoms with Gasteiger partial charge in [0.2, 0.25) is 0 Å². The third kappa shape index (κ3) is 4.34. The van der Waals surface area contributed by atoms with Gasteiger partial charge < -0.3 is 4.90 Å². The molecular weight excluding hydrogens is 361 g/mol. The maximum Gasteiger partial charge on any atom is 0.260 e. The van der Waals surface area contributed by atoms with Gasteiger partial charge in [-0.2, -0.15) is 0 Å². The van der Waals surface area contributed by atoms with Gasteiger partial charge in [0.25, 0.3) is 5.91 Å². The molecule has 0 spiro atoms. The number of nitrogens with one attached hydrogen (secondary N) is 1. The van der Waals surface area contributed by atoms with Crippen molar-refractivity contribution in [2.45, 2.75) is 20.3 Å². The van der Waals surface area contributed by atoms with Crippen LogP contribution in [0, 0.1) is 19.7 Å². The molecule has 1 N–H and O–H groups in total. The van der Waals surface area contributed by atoms with Crippen LogP contribution < -0.4 is 9.80 Å². The van der Waals surface area contributed by atoms with E-state index in [-0.39, 0.29) is 5.91 Å². The summed E-state index contributed by atoms with van der Waals surface area (Å²) < 4.78 is 14.7. The minimum atomic E-state index is -0.408. The zero-order valence-electron chi connectivity index (χ0n) is 16.2. The van der Waals surface area contributed by atoms with Crippen LogP contribution in [0.4, 0.5) is 9.52 Å². The first-order valence-corrected chi connectivity index (χ1v) is 9.91. The predicted molar refractivity (Wildman–Crippen MR) is 109 cm³/mol. The Balaban J connectivity index is 1.98. The Morgan fingerprint density at radius 2 is 2.00 bits per heavy atom. The first-order valence-electron chi connectivity index (χ1n) is 9.10. The standard InChI is InChI=1S/C21H24FN3OS/c1-14-9-10-18-19(15(14)2)23-21(27-18)25(12-6-11-24(3)4)20(26)16-7-5-8-17(22)13-16/h5,7-10,13H,6,11-12H2,1-4H3/p+1. The molecule has 1 amide bonds. The van der Waals surface area contributed by atoms with Gasteiger partial charge in [-0.15, -0.1) is 0 Å². The normalized spacial score (nSPS) is 11.3. The third-order valence-corrected chi connectivity index (χ3v) is 5.72. The lowest BCUT2D eigenvalue weighted by Gasteiger charge is -2.20. The monoisotopic (exact) mass is 386 g/mol. The lowest BCUT2D eigenvalue weighted by atomic mass is 10.1. The van der Waals surface area contributed by atoms with Crippen LogP contribution in [0.5, 0.6) is 0 Å². The van der Waals surface area contributed by atoms with Gasteiger partial charge in [-0.1, -0.05) is 23.5 Å². The fourth-order valence-corrected chi connectivity index (χ4v) is 4.03. The Kier molecular flexibility index (Phi) is 5.87. The molecule has 0 atom stereocenters. The molecule has 0 aliphatic heterocycles. The number of hydrogen-bond acceptors (Lipinski definition) is 3. The van der Waals surface area contributed by atoms with Crippen molar-refractivity contribution in [2.24, 2.45) is 0 Å². The summed E-state index contributed by atoms with van der Waals surface area (Å²) in [5.41, 5.74) is 3.59. The Labute approximate surface area is 163 Å². The van der Waals surface area contributed by atoms with Gasteiger partial charge in [0, 0.05) is 18.5 Å². The van der Waals surface area contributed by atoms with Gasteiger partial charge in [-0.3, -0.25) is 9.69 Å². The molecule has 0 unspecified atom stereocenters. The lowest BCUT2D eigenvalue weighted by Crippen LogP contribution is -3.05. The number of carbonyl (C=O) groups excluding carboxylic acids is 1. The second kappa shape index (κ2) is 8.15. The number of carbonyl (C=O) groups is 1. The number of halogens is 1. The molecule has 2 aromatic carbocycles. The molecule has 6 heteroatoms. The van der Waals surface area contributed by atoms with Crippen molar-refractivity contribution in [1.82, 2.24) is 4.98 Å². The molecule has 0 bridgehead atoms. The molecule has 1 heterocycles. The molecule has 0 aliphatic carbocycles. The maximum absolute atomic E-state index is 13.6. The molecule has 1 aromatic heterocycles. The highest BCUT2D eigenvalue weighted by molar-refractivity contribution is 7.22. The van der Waals surface area contributed by atoms with E-state index in [1.165, 1.54) is 33.9 Å². The quantitative estimate of drug-likeness (QED) is 0.706. The minimum absolute atomic E-state index is 0.211. The first-order chi connectivity index (χ1) is 12.9. The van der Waals surface area contributed by atoms with Crippen molar-refractivity contribution in [2.75, 3.05) is 32.1 Å². The van der Waals surface area contributed by atoms with E-state index in [9.17, 15) is 9.18 Å². The van der Waals surface area contributed by atoms with E-state index < -0.39 is 5.82 Å². The second-order valence-electron chi connectivity index (χ2n) is 7.13. The van der Waals surface area contributed by atoms with Crippen LogP contribution >= 0.6 is 11.3 Å². The zero-order valence-corrected chi connectivity index (χ0v) is 17.0. The van der Waals surface area contributed by atoms with Gasteiger partial charge in [-0.25, -0.2) is 9.37 Å². The van der Waals surface area contributed by atoms with Crippen LogP contribution in [0.15, 0.2) is 36.4 Å². The predicted octanol–water partition coefficient (Wildman–Crippen LogP) is 3.23. The number of aryl methyl sites for hydroxylation is 2. The van der Waals surface area contributed by atoms with Crippen molar-refractivity contribution >= 4 is 32.6 Å². The molecule has 0 radical (unpaired) electrons. The number of rotatable bonds is 6. The SMILES string of the molecule is Cc1ccc2sc(N(CCC[NH+](C)C)C(=O)c3cccc(F)c3)nc2c1C. The maximum atomic E-state index is 13.6. The summed E-state index contributed by atoms with van der Waals surface area (Å²) in [4.78, 5) is 20.9. The summed E-state index contributed by atoms with van der Waals surface area (Å²) >= 11 is 1.51. The Bertz CT molecular complexity index is 967. The van der Waals surface area contributed by atoms with Crippen molar-refractivity contribution in [3.05, 3.63) is 58.9 Å². The van der Waals surface area contributed by atoms with Gasteiger partial charge in [0.05, 0.1) is 30.9 Å². The molecule has 3 aromatic rings. The fourth-order valence-electron chi connectivity index (χ4n) is 2.98. The summed E-state index contributed by atoms with van der Waals surface area (Å²) in [6, 6.07) is 9.98. The van der Waals surface area contributed by atoms with Crippen LogP contribution in [0.2, 0.25) is 0 Å². The smallest absolute Gasteiger partial charge is 0.260 e. The Hall–Kier alpha value is -2.31. The number of thiazole rings is 1. The van der Waals surface area contributed by atoms with E-state index in [1.54, 1.807) is 17.0 Å². The number of benzene rings is 2. The Morgan fingerprint density at radius 3 is 2.70 bits per heavy atom. The summed E-state index contributed by atoms with van der Waals surface area (Å²) in [6.07, 6.45) is 0.845. The van der Waals surface area contributed by atoms with Crippen LogP contribution in [-0.4, -0.2) is 38.1 Å².